The molecule has 5 heteroatoms. The normalized spacial score (nSPS) is 10.6. The van der Waals surface area contributed by atoms with E-state index in [1.807, 2.05) is 0 Å². The molecular formula is C15H15ClFNO2. The highest BCUT2D eigenvalue weighted by molar-refractivity contribution is 6.17. The Bertz CT molecular complexity index is 607. The lowest BCUT2D eigenvalue weighted by Crippen LogP contribution is -2.25. The number of aryl methyl sites for hydroxylation is 1. The van der Waals surface area contributed by atoms with Gasteiger partial charge >= 0.3 is 0 Å². The highest BCUT2D eigenvalue weighted by atomic mass is 35.5. The van der Waals surface area contributed by atoms with Crippen LogP contribution in [0.1, 0.15) is 27.4 Å². The molecule has 0 aliphatic rings. The molecule has 1 amide bonds. The minimum Gasteiger partial charge on any atom is -0.456 e. The maximum atomic E-state index is 12.8. The molecule has 20 heavy (non-hydrogen) atoms. The van der Waals surface area contributed by atoms with Gasteiger partial charge in [-0.15, -0.1) is 11.6 Å². The summed E-state index contributed by atoms with van der Waals surface area (Å²) in [5, 5.41) is 0. The van der Waals surface area contributed by atoms with Gasteiger partial charge in [-0.05, 0) is 30.7 Å². The lowest BCUT2D eigenvalue weighted by atomic mass is 10.2. The van der Waals surface area contributed by atoms with Crippen LogP contribution >= 0.6 is 11.6 Å². The number of hydrogen-bond donors (Lipinski definition) is 0. The van der Waals surface area contributed by atoms with Gasteiger partial charge in [0, 0.05) is 19.2 Å². The third-order valence-corrected chi connectivity index (χ3v) is 3.34. The summed E-state index contributed by atoms with van der Waals surface area (Å²) < 4.78 is 18.2. The molecule has 0 unspecified atom stereocenters. The average molecular weight is 296 g/mol. The zero-order valence-electron chi connectivity index (χ0n) is 11.3. The van der Waals surface area contributed by atoms with Crippen LogP contribution in [0.2, 0.25) is 0 Å². The lowest BCUT2D eigenvalue weighted by Gasteiger charge is -2.15. The monoisotopic (exact) mass is 295 g/mol. The second-order valence-corrected chi connectivity index (χ2v) is 4.88. The molecule has 0 bridgehead atoms. The fourth-order valence-electron chi connectivity index (χ4n) is 1.88. The molecule has 0 saturated carbocycles. The number of halogens is 2. The number of carbonyl (C=O) groups excluding carboxylic acids is 1. The van der Waals surface area contributed by atoms with Crippen molar-refractivity contribution in [1.29, 1.82) is 0 Å². The predicted molar refractivity (Wildman–Crippen MR) is 75.2 cm³/mol. The summed E-state index contributed by atoms with van der Waals surface area (Å²) in [7, 11) is 1.67. The summed E-state index contributed by atoms with van der Waals surface area (Å²) in [6, 6.07) is 7.70. The van der Waals surface area contributed by atoms with E-state index < -0.39 is 0 Å². The van der Waals surface area contributed by atoms with Crippen molar-refractivity contribution in [3.05, 3.63) is 58.8 Å². The van der Waals surface area contributed by atoms with E-state index in [0.29, 0.717) is 18.2 Å². The van der Waals surface area contributed by atoms with Crippen LogP contribution < -0.4 is 0 Å². The number of furan rings is 1. The molecule has 0 aliphatic heterocycles. The topological polar surface area (TPSA) is 33.5 Å². The Morgan fingerprint density at radius 1 is 1.35 bits per heavy atom. The van der Waals surface area contributed by atoms with Crippen molar-refractivity contribution in [2.45, 2.75) is 19.3 Å². The maximum absolute atomic E-state index is 12.8. The smallest absolute Gasteiger partial charge is 0.289 e. The van der Waals surface area contributed by atoms with Crippen LogP contribution in [-0.2, 0) is 12.4 Å². The molecule has 0 radical (unpaired) electrons. The molecular weight excluding hydrogens is 281 g/mol. The average Bonchev–Trinajstić information content (AvgIpc) is 2.81. The van der Waals surface area contributed by atoms with Gasteiger partial charge in [0.05, 0.1) is 5.88 Å². The van der Waals surface area contributed by atoms with Gasteiger partial charge in [0.1, 0.15) is 11.6 Å². The third-order valence-electron chi connectivity index (χ3n) is 3.06. The number of benzene rings is 1. The third kappa shape index (κ3) is 3.20. The number of alkyl halides is 1. The summed E-state index contributed by atoms with van der Waals surface area (Å²) in [6.07, 6.45) is 0. The van der Waals surface area contributed by atoms with Gasteiger partial charge in [-0.2, -0.15) is 0 Å². The summed E-state index contributed by atoms with van der Waals surface area (Å²) in [6.45, 7) is 2.16. The number of hydrogen-bond acceptors (Lipinski definition) is 2. The molecule has 0 atom stereocenters. The van der Waals surface area contributed by atoms with Gasteiger partial charge in [-0.1, -0.05) is 12.1 Å². The van der Waals surface area contributed by atoms with E-state index in [1.54, 1.807) is 32.2 Å². The van der Waals surface area contributed by atoms with Crippen LogP contribution in [0, 0.1) is 12.7 Å². The van der Waals surface area contributed by atoms with E-state index in [9.17, 15) is 9.18 Å². The largest absolute Gasteiger partial charge is 0.456 e. The molecule has 1 heterocycles. The van der Waals surface area contributed by atoms with Crippen molar-refractivity contribution < 1.29 is 13.6 Å². The van der Waals surface area contributed by atoms with Gasteiger partial charge in [0.25, 0.3) is 5.91 Å². The summed E-state index contributed by atoms with van der Waals surface area (Å²) in [4.78, 5) is 13.7. The molecule has 1 aromatic heterocycles. The molecule has 0 saturated heterocycles. The first-order valence-electron chi connectivity index (χ1n) is 6.16. The standard InChI is InChI=1S/C15H15ClFNO2/c1-10-12(8-16)7-14(20-10)15(19)18(2)9-11-3-5-13(17)6-4-11/h3-7H,8-9H2,1-2H3. The highest BCUT2D eigenvalue weighted by Crippen LogP contribution is 2.18. The van der Waals surface area contributed by atoms with E-state index in [-0.39, 0.29) is 17.5 Å². The summed E-state index contributed by atoms with van der Waals surface area (Å²) >= 11 is 5.75. The Morgan fingerprint density at radius 2 is 2.00 bits per heavy atom. The first kappa shape index (κ1) is 14.6. The van der Waals surface area contributed by atoms with Gasteiger partial charge < -0.3 is 9.32 Å². The number of nitrogens with zero attached hydrogens (tertiary/aromatic N) is 1. The van der Waals surface area contributed by atoms with E-state index in [4.69, 9.17) is 16.0 Å². The SMILES string of the molecule is Cc1oc(C(=O)N(C)Cc2ccc(F)cc2)cc1CCl. The van der Waals surface area contributed by atoms with Crippen molar-refractivity contribution >= 4 is 17.5 Å². The minimum absolute atomic E-state index is 0.228. The maximum Gasteiger partial charge on any atom is 0.289 e. The molecule has 0 fully saturated rings. The molecule has 2 rings (SSSR count). The van der Waals surface area contributed by atoms with E-state index >= 15 is 0 Å². The van der Waals surface area contributed by atoms with Crippen molar-refractivity contribution in [1.82, 2.24) is 4.90 Å². The first-order chi connectivity index (χ1) is 9.51. The van der Waals surface area contributed by atoms with Gasteiger partial charge in [-0.25, -0.2) is 4.39 Å². The zero-order chi connectivity index (χ0) is 14.7. The Morgan fingerprint density at radius 3 is 2.55 bits per heavy atom. The first-order valence-corrected chi connectivity index (χ1v) is 6.70. The zero-order valence-corrected chi connectivity index (χ0v) is 12.1. The second-order valence-electron chi connectivity index (χ2n) is 4.61. The number of carbonyl (C=O) groups is 1. The van der Waals surface area contributed by atoms with Crippen LogP contribution in [0.25, 0.3) is 0 Å². The van der Waals surface area contributed by atoms with Crippen LogP contribution in [-0.4, -0.2) is 17.9 Å². The minimum atomic E-state index is -0.295. The molecule has 2 aromatic rings. The van der Waals surface area contributed by atoms with Crippen molar-refractivity contribution in [3.8, 4) is 0 Å². The van der Waals surface area contributed by atoms with E-state index in [0.717, 1.165) is 11.1 Å². The van der Waals surface area contributed by atoms with Gasteiger partial charge in [0.2, 0.25) is 0 Å². The molecule has 0 aliphatic carbocycles. The molecule has 0 N–H and O–H groups in total. The van der Waals surface area contributed by atoms with Crippen LogP contribution in [0.3, 0.4) is 0 Å². The fourth-order valence-corrected chi connectivity index (χ4v) is 2.15. The fraction of sp³-hybridized carbons (Fsp3) is 0.267. The van der Waals surface area contributed by atoms with E-state index in [2.05, 4.69) is 0 Å². The molecule has 0 spiro atoms. The summed E-state index contributed by atoms with van der Waals surface area (Å²) in [5.74, 6) is 0.704. The molecule has 1 aromatic carbocycles. The summed E-state index contributed by atoms with van der Waals surface area (Å²) in [5.41, 5.74) is 1.66. The predicted octanol–water partition coefficient (Wildman–Crippen LogP) is 3.74. The molecule has 106 valence electrons. The number of rotatable bonds is 4. The Labute approximate surface area is 121 Å². The Kier molecular flexibility index (Phi) is 4.45. The van der Waals surface area contributed by atoms with Crippen LogP contribution in [0.15, 0.2) is 34.7 Å². The van der Waals surface area contributed by atoms with Crippen molar-refractivity contribution in [2.24, 2.45) is 0 Å². The molecule has 3 nitrogen and oxygen atoms in total. The van der Waals surface area contributed by atoms with E-state index in [1.165, 1.54) is 17.0 Å². The quantitative estimate of drug-likeness (QED) is 0.805. The second kappa shape index (κ2) is 6.09. The van der Waals surface area contributed by atoms with Gasteiger partial charge in [-0.3, -0.25) is 4.79 Å². The lowest BCUT2D eigenvalue weighted by molar-refractivity contribution is 0.0752. The van der Waals surface area contributed by atoms with Crippen LogP contribution in [0.5, 0.6) is 0 Å². The Hall–Kier alpha value is -1.81. The highest BCUT2D eigenvalue weighted by Gasteiger charge is 2.18. The van der Waals surface area contributed by atoms with Crippen molar-refractivity contribution in [3.63, 3.8) is 0 Å². The number of amides is 1. The van der Waals surface area contributed by atoms with Crippen LogP contribution in [0.4, 0.5) is 4.39 Å². The van der Waals surface area contributed by atoms with Gasteiger partial charge in [0.15, 0.2) is 5.76 Å². The van der Waals surface area contributed by atoms with Crippen molar-refractivity contribution in [2.75, 3.05) is 7.05 Å². The Balaban J connectivity index is 2.09.